The van der Waals surface area contributed by atoms with Gasteiger partial charge in [0.25, 0.3) is 0 Å². The van der Waals surface area contributed by atoms with E-state index in [1.54, 1.807) is 13.8 Å². The number of nitrogens with one attached hydrogen (secondary N) is 1. The van der Waals surface area contributed by atoms with E-state index in [4.69, 9.17) is 14.7 Å². The van der Waals surface area contributed by atoms with Gasteiger partial charge in [0.15, 0.2) is 0 Å². The number of carbonyl (C=O) groups is 1. The first-order valence-electron chi connectivity index (χ1n) is 12.6. The molecular formula is C25H36N3O9PS. The van der Waals surface area contributed by atoms with E-state index in [2.05, 4.69) is 5.32 Å². The van der Waals surface area contributed by atoms with E-state index in [0.29, 0.717) is 5.69 Å². The van der Waals surface area contributed by atoms with E-state index in [0.717, 1.165) is 23.6 Å². The predicted molar refractivity (Wildman–Crippen MR) is 144 cm³/mol. The zero-order valence-electron chi connectivity index (χ0n) is 21.8. The third-order valence-electron chi connectivity index (χ3n) is 6.36. The Morgan fingerprint density at radius 3 is 2.46 bits per heavy atom. The number of allylic oxidation sites excluding steroid dienone is 2. The van der Waals surface area contributed by atoms with Crippen LogP contribution in [0.4, 0.5) is 10.5 Å². The van der Waals surface area contributed by atoms with Gasteiger partial charge in [-0.15, -0.1) is 0 Å². The van der Waals surface area contributed by atoms with Crippen LogP contribution in [0.3, 0.4) is 0 Å². The number of rotatable bonds is 13. The lowest BCUT2D eigenvalue weighted by molar-refractivity contribution is 0.0313. The summed E-state index contributed by atoms with van der Waals surface area (Å²) in [5, 5.41) is 12.0. The Hall–Kier alpha value is -2.67. The molecule has 216 valence electrons. The first-order valence-corrected chi connectivity index (χ1v) is 15.6. The maximum absolute atomic E-state index is 14.1. The van der Waals surface area contributed by atoms with E-state index >= 15 is 0 Å². The van der Waals surface area contributed by atoms with Crippen molar-refractivity contribution in [2.75, 3.05) is 12.3 Å². The summed E-state index contributed by atoms with van der Waals surface area (Å²) in [6, 6.07) is 5.82. The van der Waals surface area contributed by atoms with Gasteiger partial charge in [-0.3, -0.25) is 4.52 Å². The second kappa shape index (κ2) is 13.1. The number of sulfonamides is 1. The lowest BCUT2D eigenvalue weighted by Gasteiger charge is -2.39. The van der Waals surface area contributed by atoms with Crippen LogP contribution in [0, 0.1) is 11.8 Å². The molecule has 1 amide bonds. The minimum absolute atomic E-state index is 0.0319. The first-order chi connectivity index (χ1) is 18.3. The molecule has 12 nitrogen and oxygen atoms in total. The third kappa shape index (κ3) is 8.66. The highest BCUT2D eigenvalue weighted by atomic mass is 32.2. The van der Waals surface area contributed by atoms with E-state index in [1.807, 2.05) is 12.2 Å². The standard InChI is InChI=1S/C25H36N3O9PS/c1-17(2)16-28(39(34,35)20-12-10-19(26)11-13-20)23(22-9-6-14-36-22)24(37-38(31,32)33)21(27-25(29)30)15-18-7-4-3-5-8-18/h4,6-7,9-14,17-18,21,23-24,27H,3,5,8,15-16,26H2,1-2H3,(H,29,30)(H2,31,32,33)/t18?,21-,23?,24+/m0/s1. The largest absolute Gasteiger partial charge is 0.469 e. The molecule has 1 aliphatic rings. The lowest BCUT2D eigenvalue weighted by Crippen LogP contribution is -2.53. The number of furan rings is 1. The highest BCUT2D eigenvalue weighted by Gasteiger charge is 2.46. The number of hydrogen-bond donors (Lipinski definition) is 5. The van der Waals surface area contributed by atoms with Crippen molar-refractivity contribution >= 4 is 29.6 Å². The molecule has 0 spiro atoms. The zero-order chi connectivity index (χ0) is 28.8. The molecule has 0 fully saturated rings. The Kier molecular flexibility index (Phi) is 10.4. The normalized spacial score (nSPS) is 18.7. The molecule has 39 heavy (non-hydrogen) atoms. The fourth-order valence-electron chi connectivity index (χ4n) is 4.77. The molecule has 0 aliphatic heterocycles. The molecule has 6 N–H and O–H groups in total. The van der Waals surface area contributed by atoms with Gasteiger partial charge in [0.2, 0.25) is 10.0 Å². The van der Waals surface area contributed by atoms with Gasteiger partial charge >= 0.3 is 13.9 Å². The van der Waals surface area contributed by atoms with Crippen molar-refractivity contribution in [2.24, 2.45) is 11.8 Å². The van der Waals surface area contributed by atoms with Crippen LogP contribution >= 0.6 is 7.82 Å². The second-order valence-corrected chi connectivity index (χ2v) is 13.1. The summed E-state index contributed by atoms with van der Waals surface area (Å²) in [6.45, 7) is 3.47. The monoisotopic (exact) mass is 585 g/mol. The van der Waals surface area contributed by atoms with Gasteiger partial charge in [-0.1, -0.05) is 26.0 Å². The van der Waals surface area contributed by atoms with E-state index in [-0.39, 0.29) is 35.5 Å². The number of hydrogen-bond acceptors (Lipinski definition) is 7. The highest BCUT2D eigenvalue weighted by Crippen LogP contribution is 2.45. The Morgan fingerprint density at radius 2 is 1.95 bits per heavy atom. The summed E-state index contributed by atoms with van der Waals surface area (Å²) >= 11 is 0. The summed E-state index contributed by atoms with van der Waals surface area (Å²) < 4.78 is 52.3. The quantitative estimate of drug-likeness (QED) is 0.130. The molecular weight excluding hydrogens is 549 g/mol. The van der Waals surface area contributed by atoms with Crippen LogP contribution in [0.1, 0.15) is 51.3 Å². The van der Waals surface area contributed by atoms with Gasteiger partial charge in [-0.2, -0.15) is 4.31 Å². The minimum atomic E-state index is -5.26. The number of anilines is 1. The first kappa shape index (κ1) is 30.9. The Bertz CT molecular complexity index is 1260. The molecule has 1 aromatic carbocycles. The van der Waals surface area contributed by atoms with Crippen LogP contribution in [0.15, 0.2) is 64.1 Å². The SMILES string of the molecule is CC(C)CN(C(c1ccco1)[C@H](OP(=O)(O)O)[C@H](CC1C=CCCC1)NC(=O)O)S(=O)(=O)c1ccc(N)cc1. The maximum atomic E-state index is 14.1. The molecule has 0 bridgehead atoms. The molecule has 1 aromatic heterocycles. The molecule has 14 heteroatoms. The summed E-state index contributed by atoms with van der Waals surface area (Å²) in [7, 11) is -9.60. The van der Waals surface area contributed by atoms with Gasteiger partial charge in [0.05, 0.1) is 17.2 Å². The van der Waals surface area contributed by atoms with Crippen molar-refractivity contribution in [3.8, 4) is 0 Å². The molecule has 4 atom stereocenters. The molecule has 1 heterocycles. The van der Waals surface area contributed by atoms with Crippen LogP contribution in [-0.4, -0.2) is 52.4 Å². The molecule has 0 saturated carbocycles. The molecule has 1 aliphatic carbocycles. The van der Waals surface area contributed by atoms with Crippen LogP contribution in [0.25, 0.3) is 0 Å². The topological polar surface area (TPSA) is 193 Å². The fraction of sp³-hybridized carbons (Fsp3) is 0.480. The van der Waals surface area contributed by atoms with Crippen molar-refractivity contribution in [1.29, 1.82) is 0 Å². The average Bonchev–Trinajstić information content (AvgIpc) is 3.37. The smallest absolute Gasteiger partial charge is 0.468 e. The van der Waals surface area contributed by atoms with Gasteiger partial charge < -0.3 is 30.4 Å². The molecule has 0 saturated heterocycles. The van der Waals surface area contributed by atoms with Crippen LogP contribution in [-0.2, 0) is 19.1 Å². The number of nitrogens with zero attached hydrogens (tertiary/aromatic N) is 1. The zero-order valence-corrected chi connectivity index (χ0v) is 23.5. The van der Waals surface area contributed by atoms with E-state index < -0.39 is 42.1 Å². The van der Waals surface area contributed by atoms with Gasteiger partial charge in [0.1, 0.15) is 17.9 Å². The Balaban J connectivity index is 2.22. The van der Waals surface area contributed by atoms with Crippen LogP contribution < -0.4 is 11.1 Å². The van der Waals surface area contributed by atoms with Crippen molar-refractivity contribution in [3.05, 3.63) is 60.6 Å². The molecule has 2 aromatic rings. The number of phosphoric ester groups is 1. The molecule has 2 unspecified atom stereocenters. The van der Waals surface area contributed by atoms with Gasteiger partial charge in [0, 0.05) is 12.2 Å². The molecule has 0 radical (unpaired) electrons. The summed E-state index contributed by atoms with van der Waals surface area (Å²) in [6.07, 6.45) is 4.64. The van der Waals surface area contributed by atoms with Gasteiger partial charge in [-0.25, -0.2) is 17.8 Å². The number of benzene rings is 1. The van der Waals surface area contributed by atoms with E-state index in [9.17, 15) is 32.7 Å². The highest BCUT2D eigenvalue weighted by molar-refractivity contribution is 7.89. The average molecular weight is 586 g/mol. The van der Waals surface area contributed by atoms with Crippen LogP contribution in [0.5, 0.6) is 0 Å². The Morgan fingerprint density at radius 1 is 1.26 bits per heavy atom. The van der Waals surface area contributed by atoms with Crippen molar-refractivity contribution in [3.63, 3.8) is 0 Å². The number of carboxylic acid groups (broad SMARTS) is 1. The van der Waals surface area contributed by atoms with Crippen LogP contribution in [0.2, 0.25) is 0 Å². The predicted octanol–water partition coefficient (Wildman–Crippen LogP) is 4.11. The number of nitrogen functional groups attached to an aromatic ring is 1. The van der Waals surface area contributed by atoms with Crippen molar-refractivity contribution in [2.45, 2.75) is 62.6 Å². The van der Waals surface area contributed by atoms with Gasteiger partial charge in [-0.05, 0) is 73.9 Å². The number of phosphoric acid groups is 1. The number of amides is 1. The molecule has 3 rings (SSSR count). The summed E-state index contributed by atoms with van der Waals surface area (Å²) in [5.41, 5.74) is 6.10. The Labute approximate surface area is 228 Å². The van der Waals surface area contributed by atoms with E-state index in [1.165, 1.54) is 42.7 Å². The third-order valence-corrected chi connectivity index (χ3v) is 8.74. The second-order valence-electron chi connectivity index (χ2n) is 9.97. The van der Waals surface area contributed by atoms with Crippen molar-refractivity contribution < 1.29 is 41.6 Å². The minimum Gasteiger partial charge on any atom is -0.468 e. The summed E-state index contributed by atoms with van der Waals surface area (Å²) in [5.74, 6) is -0.332. The van der Waals surface area contributed by atoms with Crippen molar-refractivity contribution in [1.82, 2.24) is 9.62 Å². The fourth-order valence-corrected chi connectivity index (χ4v) is 7.12. The number of nitrogens with two attached hydrogens (primary N) is 1. The summed E-state index contributed by atoms with van der Waals surface area (Å²) in [4.78, 5) is 31.6. The lowest BCUT2D eigenvalue weighted by atomic mass is 9.86. The maximum Gasteiger partial charge on any atom is 0.469 e.